The third kappa shape index (κ3) is 4.43. The summed E-state index contributed by atoms with van der Waals surface area (Å²) in [5.41, 5.74) is 0.891. The molecule has 0 spiro atoms. The van der Waals surface area contributed by atoms with Gasteiger partial charge in [-0.05, 0) is 43.3 Å². The summed E-state index contributed by atoms with van der Waals surface area (Å²) in [6, 6.07) is 13.3. The fourth-order valence-electron chi connectivity index (χ4n) is 3.39. The molecule has 0 saturated carbocycles. The average Bonchev–Trinajstić information content (AvgIpc) is 3.23. The van der Waals surface area contributed by atoms with Crippen molar-refractivity contribution in [1.29, 1.82) is 0 Å². The summed E-state index contributed by atoms with van der Waals surface area (Å²) >= 11 is 1.65. The van der Waals surface area contributed by atoms with Crippen LogP contribution < -0.4 is 19.1 Å². The van der Waals surface area contributed by atoms with Crippen LogP contribution in [-0.2, 0) is 4.79 Å². The van der Waals surface area contributed by atoms with Crippen LogP contribution in [0.4, 0.5) is 5.13 Å². The Morgan fingerprint density at radius 1 is 1.03 bits per heavy atom. The highest BCUT2D eigenvalue weighted by molar-refractivity contribution is 7.22. The lowest BCUT2D eigenvalue weighted by Gasteiger charge is -2.34. The third-order valence-electron chi connectivity index (χ3n) is 4.99. The lowest BCUT2D eigenvalue weighted by atomic mass is 10.3. The summed E-state index contributed by atoms with van der Waals surface area (Å²) in [6.07, 6.45) is 0. The summed E-state index contributed by atoms with van der Waals surface area (Å²) < 4.78 is 17.6. The van der Waals surface area contributed by atoms with Crippen LogP contribution in [0.15, 0.2) is 42.5 Å². The van der Waals surface area contributed by atoms with Crippen LogP contribution in [0, 0.1) is 0 Å². The molecule has 0 aliphatic carbocycles. The number of fused-ring (bicyclic) bond motifs is 1. The van der Waals surface area contributed by atoms with Gasteiger partial charge in [0.1, 0.15) is 22.8 Å². The summed E-state index contributed by atoms with van der Waals surface area (Å²) in [5.74, 6) is 2.23. The van der Waals surface area contributed by atoms with Crippen molar-refractivity contribution >= 4 is 32.6 Å². The Labute approximate surface area is 179 Å². The molecule has 8 heteroatoms. The number of benzene rings is 2. The number of aromatic nitrogens is 1. The Bertz CT molecular complexity index is 997. The van der Waals surface area contributed by atoms with E-state index in [1.54, 1.807) is 18.4 Å². The van der Waals surface area contributed by atoms with E-state index in [9.17, 15) is 4.79 Å². The smallest absolute Gasteiger partial charge is 0.260 e. The maximum absolute atomic E-state index is 12.5. The largest absolute Gasteiger partial charge is 0.494 e. The van der Waals surface area contributed by atoms with Crippen molar-refractivity contribution in [2.24, 2.45) is 0 Å². The molecule has 30 heavy (non-hydrogen) atoms. The van der Waals surface area contributed by atoms with Crippen molar-refractivity contribution in [3.05, 3.63) is 42.5 Å². The second kappa shape index (κ2) is 9.21. The second-order valence-electron chi connectivity index (χ2n) is 6.86. The topological polar surface area (TPSA) is 64.1 Å². The van der Waals surface area contributed by atoms with Crippen LogP contribution in [0.2, 0.25) is 0 Å². The first-order valence-corrected chi connectivity index (χ1v) is 10.8. The van der Waals surface area contributed by atoms with Crippen LogP contribution in [0.5, 0.6) is 17.2 Å². The van der Waals surface area contributed by atoms with Gasteiger partial charge in [0.25, 0.3) is 5.91 Å². The highest BCUT2D eigenvalue weighted by Gasteiger charge is 2.24. The van der Waals surface area contributed by atoms with E-state index < -0.39 is 0 Å². The van der Waals surface area contributed by atoms with Crippen molar-refractivity contribution in [1.82, 2.24) is 9.88 Å². The number of carbonyl (C=O) groups is 1. The molecule has 2 aromatic carbocycles. The summed E-state index contributed by atoms with van der Waals surface area (Å²) in [4.78, 5) is 21.4. The second-order valence-corrected chi connectivity index (χ2v) is 7.87. The van der Waals surface area contributed by atoms with Gasteiger partial charge < -0.3 is 24.0 Å². The van der Waals surface area contributed by atoms with Gasteiger partial charge in [-0.3, -0.25) is 4.79 Å². The van der Waals surface area contributed by atoms with Crippen molar-refractivity contribution in [2.45, 2.75) is 6.92 Å². The average molecular weight is 428 g/mol. The number of ether oxygens (including phenoxy) is 3. The third-order valence-corrected chi connectivity index (χ3v) is 6.07. The standard InChI is InChI=1S/C22H25N3O4S/c1-3-28-16-7-9-17(10-8-16)29-15-20(26)24-11-13-25(14-12-24)22-23-21-18(27-2)5-4-6-19(21)30-22/h4-10H,3,11-15H2,1-2H3. The number of hydrogen-bond acceptors (Lipinski definition) is 7. The number of amides is 1. The van der Waals surface area contributed by atoms with Crippen LogP contribution in [0.25, 0.3) is 10.2 Å². The Kier molecular flexibility index (Phi) is 6.23. The fourth-order valence-corrected chi connectivity index (χ4v) is 4.43. The monoisotopic (exact) mass is 427 g/mol. The Morgan fingerprint density at radius 2 is 1.73 bits per heavy atom. The van der Waals surface area contributed by atoms with E-state index in [0.29, 0.717) is 25.4 Å². The summed E-state index contributed by atoms with van der Waals surface area (Å²) in [6.45, 7) is 5.39. The minimum absolute atomic E-state index is 0.00509. The van der Waals surface area contributed by atoms with E-state index in [-0.39, 0.29) is 12.5 Å². The highest BCUT2D eigenvalue weighted by Crippen LogP contribution is 2.34. The van der Waals surface area contributed by atoms with E-state index in [2.05, 4.69) is 11.0 Å². The predicted molar refractivity (Wildman–Crippen MR) is 118 cm³/mol. The first-order chi connectivity index (χ1) is 14.7. The number of carbonyl (C=O) groups excluding carboxylic acids is 1. The number of methoxy groups -OCH3 is 1. The van der Waals surface area contributed by atoms with E-state index in [1.165, 1.54) is 0 Å². The number of anilines is 1. The molecular formula is C22H25N3O4S. The number of nitrogens with zero attached hydrogens (tertiary/aromatic N) is 3. The molecule has 7 nitrogen and oxygen atoms in total. The fraction of sp³-hybridized carbons (Fsp3) is 0.364. The summed E-state index contributed by atoms with van der Waals surface area (Å²) in [5, 5.41) is 0.965. The zero-order valence-electron chi connectivity index (χ0n) is 17.2. The zero-order valence-corrected chi connectivity index (χ0v) is 18.0. The van der Waals surface area contributed by atoms with Gasteiger partial charge >= 0.3 is 0 Å². The van der Waals surface area contributed by atoms with Gasteiger partial charge in [-0.15, -0.1) is 0 Å². The van der Waals surface area contributed by atoms with Crippen molar-refractivity contribution in [3.63, 3.8) is 0 Å². The molecule has 1 aliphatic heterocycles. The number of rotatable bonds is 7. The Morgan fingerprint density at radius 3 is 2.40 bits per heavy atom. The minimum Gasteiger partial charge on any atom is -0.494 e. The molecule has 1 fully saturated rings. The van der Waals surface area contributed by atoms with Crippen LogP contribution in [0.1, 0.15) is 6.92 Å². The highest BCUT2D eigenvalue weighted by atomic mass is 32.1. The zero-order chi connectivity index (χ0) is 20.9. The number of para-hydroxylation sites is 1. The quantitative estimate of drug-likeness (QED) is 0.576. The number of hydrogen-bond donors (Lipinski definition) is 0. The number of piperazine rings is 1. The molecule has 1 saturated heterocycles. The maximum Gasteiger partial charge on any atom is 0.260 e. The normalized spacial score (nSPS) is 14.1. The van der Waals surface area contributed by atoms with Crippen molar-refractivity contribution < 1.29 is 19.0 Å². The minimum atomic E-state index is -0.00509. The van der Waals surface area contributed by atoms with Crippen molar-refractivity contribution in [2.75, 3.05) is 51.4 Å². The molecule has 2 heterocycles. The van der Waals surface area contributed by atoms with Crippen LogP contribution in [0.3, 0.4) is 0 Å². The predicted octanol–water partition coefficient (Wildman–Crippen LogP) is 3.43. The van der Waals surface area contributed by atoms with Gasteiger partial charge in [0, 0.05) is 26.2 Å². The van der Waals surface area contributed by atoms with Gasteiger partial charge in [0.05, 0.1) is 18.4 Å². The molecule has 158 valence electrons. The first-order valence-electron chi connectivity index (χ1n) is 10.00. The van der Waals surface area contributed by atoms with E-state index in [4.69, 9.17) is 19.2 Å². The molecule has 0 atom stereocenters. The molecule has 3 aromatic rings. The molecule has 0 bridgehead atoms. The SMILES string of the molecule is CCOc1ccc(OCC(=O)N2CCN(c3nc4c(OC)cccc4s3)CC2)cc1. The maximum atomic E-state index is 12.5. The summed E-state index contributed by atoms with van der Waals surface area (Å²) in [7, 11) is 1.66. The van der Waals surface area contributed by atoms with Gasteiger partial charge in [-0.25, -0.2) is 4.98 Å². The van der Waals surface area contributed by atoms with E-state index >= 15 is 0 Å². The van der Waals surface area contributed by atoms with Crippen molar-refractivity contribution in [3.8, 4) is 17.2 Å². The molecular weight excluding hydrogens is 402 g/mol. The first kappa shape index (κ1) is 20.3. The van der Waals surface area contributed by atoms with Gasteiger partial charge in [-0.1, -0.05) is 17.4 Å². The van der Waals surface area contributed by atoms with E-state index in [0.717, 1.165) is 39.9 Å². The van der Waals surface area contributed by atoms with Gasteiger partial charge in [0.15, 0.2) is 11.7 Å². The molecule has 1 amide bonds. The lowest BCUT2D eigenvalue weighted by Crippen LogP contribution is -2.50. The lowest BCUT2D eigenvalue weighted by molar-refractivity contribution is -0.133. The van der Waals surface area contributed by atoms with Crippen LogP contribution >= 0.6 is 11.3 Å². The van der Waals surface area contributed by atoms with E-state index in [1.807, 2.05) is 48.2 Å². The number of thiazole rings is 1. The molecule has 0 unspecified atom stereocenters. The van der Waals surface area contributed by atoms with Gasteiger partial charge in [-0.2, -0.15) is 0 Å². The molecule has 4 rings (SSSR count). The van der Waals surface area contributed by atoms with Gasteiger partial charge in [0.2, 0.25) is 0 Å². The molecule has 1 aromatic heterocycles. The molecule has 0 N–H and O–H groups in total. The molecule has 1 aliphatic rings. The van der Waals surface area contributed by atoms with Crippen LogP contribution in [-0.4, -0.2) is 62.3 Å². The molecule has 0 radical (unpaired) electrons. The Balaban J connectivity index is 1.30. The Hall–Kier alpha value is -3.00.